The topological polar surface area (TPSA) is 92.3 Å². The lowest BCUT2D eigenvalue weighted by Crippen LogP contribution is -2.34. The first-order chi connectivity index (χ1) is 12.3. The Bertz CT molecular complexity index is 932. The van der Waals surface area contributed by atoms with E-state index in [1.54, 1.807) is 30.1 Å². The van der Waals surface area contributed by atoms with Crippen LogP contribution in [0.2, 0.25) is 5.02 Å². The second-order valence-electron chi connectivity index (χ2n) is 6.31. The molecular formula is C17H19ClN4O3S. The third-order valence-electron chi connectivity index (χ3n) is 4.49. The van der Waals surface area contributed by atoms with Crippen molar-refractivity contribution in [3.05, 3.63) is 46.7 Å². The number of hydrogen-bond donors (Lipinski definition) is 1. The van der Waals surface area contributed by atoms with Crippen molar-refractivity contribution in [2.45, 2.75) is 19.4 Å². The molecule has 1 N–H and O–H groups in total. The molecule has 0 saturated carbocycles. The average molecular weight is 395 g/mol. The maximum Gasteiger partial charge on any atom is 0.258 e. The van der Waals surface area contributed by atoms with Crippen LogP contribution < -0.4 is 10.2 Å². The Balaban J connectivity index is 1.71. The van der Waals surface area contributed by atoms with Crippen LogP contribution in [0.15, 0.2) is 30.6 Å². The molecule has 26 heavy (non-hydrogen) atoms. The number of sulfone groups is 1. The van der Waals surface area contributed by atoms with Gasteiger partial charge in [-0.25, -0.2) is 18.4 Å². The maximum atomic E-state index is 12.4. The quantitative estimate of drug-likeness (QED) is 0.855. The molecule has 1 unspecified atom stereocenters. The fraction of sp³-hybridized carbons (Fsp3) is 0.353. The van der Waals surface area contributed by atoms with Crippen molar-refractivity contribution in [2.75, 3.05) is 28.8 Å². The third-order valence-corrected chi connectivity index (χ3v) is 6.65. The Morgan fingerprint density at radius 3 is 2.62 bits per heavy atom. The summed E-state index contributed by atoms with van der Waals surface area (Å²) in [4.78, 5) is 22.5. The third kappa shape index (κ3) is 3.96. The number of nitrogens with zero attached hydrogens (tertiary/aromatic N) is 3. The van der Waals surface area contributed by atoms with E-state index < -0.39 is 9.84 Å². The Hall–Kier alpha value is -2.19. The summed E-state index contributed by atoms with van der Waals surface area (Å²) in [5.41, 5.74) is 1.71. The van der Waals surface area contributed by atoms with Gasteiger partial charge in [0.1, 0.15) is 0 Å². The molecule has 1 aliphatic heterocycles. The predicted molar refractivity (Wildman–Crippen MR) is 102 cm³/mol. The van der Waals surface area contributed by atoms with Crippen LogP contribution in [0.4, 0.5) is 11.6 Å². The minimum atomic E-state index is -2.98. The lowest BCUT2D eigenvalue weighted by atomic mass is 10.2. The molecule has 1 atom stereocenters. The molecule has 1 aromatic carbocycles. The summed E-state index contributed by atoms with van der Waals surface area (Å²) in [6, 6.07) is 5.13. The van der Waals surface area contributed by atoms with E-state index in [4.69, 9.17) is 11.6 Å². The van der Waals surface area contributed by atoms with Crippen LogP contribution in [-0.4, -0.2) is 48.9 Å². The molecule has 2 aromatic rings. The van der Waals surface area contributed by atoms with E-state index in [-0.39, 0.29) is 23.5 Å². The van der Waals surface area contributed by atoms with E-state index in [0.29, 0.717) is 28.6 Å². The van der Waals surface area contributed by atoms with E-state index in [0.717, 1.165) is 5.56 Å². The molecule has 138 valence electrons. The minimum Gasteiger partial charge on any atom is -0.340 e. The van der Waals surface area contributed by atoms with Crippen molar-refractivity contribution in [3.8, 4) is 0 Å². The van der Waals surface area contributed by atoms with Crippen molar-refractivity contribution in [3.63, 3.8) is 0 Å². The number of carbonyl (C=O) groups excluding carboxylic acids is 1. The highest BCUT2D eigenvalue weighted by molar-refractivity contribution is 7.91. The van der Waals surface area contributed by atoms with Crippen molar-refractivity contribution in [2.24, 2.45) is 0 Å². The second kappa shape index (κ2) is 7.20. The SMILES string of the molecule is Cc1c(Cl)cccc1NC(=O)c1cnc(N(C)C2CCS(=O)(=O)C2)nc1. The summed E-state index contributed by atoms with van der Waals surface area (Å²) in [7, 11) is -1.22. The molecular weight excluding hydrogens is 376 g/mol. The first kappa shape index (κ1) is 18.6. The summed E-state index contributed by atoms with van der Waals surface area (Å²) >= 11 is 6.06. The van der Waals surface area contributed by atoms with Crippen molar-refractivity contribution >= 4 is 39.0 Å². The van der Waals surface area contributed by atoms with Gasteiger partial charge in [-0.2, -0.15) is 0 Å². The molecule has 0 spiro atoms. The molecule has 0 radical (unpaired) electrons. The number of carbonyl (C=O) groups is 1. The van der Waals surface area contributed by atoms with Gasteiger partial charge in [0.2, 0.25) is 5.95 Å². The number of nitrogens with one attached hydrogen (secondary N) is 1. The van der Waals surface area contributed by atoms with Gasteiger partial charge in [-0.05, 0) is 31.0 Å². The van der Waals surface area contributed by atoms with Gasteiger partial charge in [-0.15, -0.1) is 0 Å². The second-order valence-corrected chi connectivity index (χ2v) is 8.94. The molecule has 3 rings (SSSR count). The Kier molecular flexibility index (Phi) is 5.15. The summed E-state index contributed by atoms with van der Waals surface area (Å²) < 4.78 is 23.2. The van der Waals surface area contributed by atoms with Crippen molar-refractivity contribution in [1.29, 1.82) is 0 Å². The van der Waals surface area contributed by atoms with E-state index in [1.807, 2.05) is 6.92 Å². The number of anilines is 2. The zero-order valence-electron chi connectivity index (χ0n) is 14.4. The number of rotatable bonds is 4. The van der Waals surface area contributed by atoms with Crippen LogP contribution in [0.5, 0.6) is 0 Å². The highest BCUT2D eigenvalue weighted by Gasteiger charge is 2.31. The van der Waals surface area contributed by atoms with Gasteiger partial charge in [-0.1, -0.05) is 17.7 Å². The highest BCUT2D eigenvalue weighted by atomic mass is 35.5. The summed E-state index contributed by atoms with van der Waals surface area (Å²) in [6.07, 6.45) is 3.41. The van der Waals surface area contributed by atoms with Crippen LogP contribution in [0.25, 0.3) is 0 Å². The Labute approximate surface area is 157 Å². The largest absolute Gasteiger partial charge is 0.340 e. The molecule has 1 saturated heterocycles. The van der Waals surface area contributed by atoms with E-state index >= 15 is 0 Å². The zero-order valence-corrected chi connectivity index (χ0v) is 16.0. The highest BCUT2D eigenvalue weighted by Crippen LogP contribution is 2.24. The molecule has 0 aliphatic carbocycles. The van der Waals surface area contributed by atoms with Crippen molar-refractivity contribution < 1.29 is 13.2 Å². The summed E-state index contributed by atoms with van der Waals surface area (Å²) in [5, 5.41) is 3.36. The molecule has 1 amide bonds. The van der Waals surface area contributed by atoms with Gasteiger partial charge < -0.3 is 10.2 Å². The number of benzene rings is 1. The lowest BCUT2D eigenvalue weighted by Gasteiger charge is -2.23. The van der Waals surface area contributed by atoms with Crippen LogP contribution in [0.3, 0.4) is 0 Å². The smallest absolute Gasteiger partial charge is 0.258 e. The lowest BCUT2D eigenvalue weighted by molar-refractivity contribution is 0.102. The standard InChI is InChI=1S/C17H19ClN4O3S/c1-11-14(18)4-3-5-15(11)21-16(23)12-8-19-17(20-9-12)22(2)13-6-7-26(24,25)10-13/h3-5,8-9,13H,6-7,10H2,1-2H3,(H,21,23). The number of halogens is 1. The summed E-state index contributed by atoms with van der Waals surface area (Å²) in [6.45, 7) is 1.82. The fourth-order valence-electron chi connectivity index (χ4n) is 2.80. The van der Waals surface area contributed by atoms with Gasteiger partial charge >= 0.3 is 0 Å². The Morgan fingerprint density at radius 1 is 1.31 bits per heavy atom. The maximum absolute atomic E-state index is 12.4. The van der Waals surface area contributed by atoms with Crippen LogP contribution in [-0.2, 0) is 9.84 Å². The summed E-state index contributed by atoms with van der Waals surface area (Å²) in [5.74, 6) is 0.334. The van der Waals surface area contributed by atoms with Gasteiger partial charge in [-0.3, -0.25) is 4.79 Å². The predicted octanol–water partition coefficient (Wildman–Crippen LogP) is 2.31. The molecule has 7 nitrogen and oxygen atoms in total. The average Bonchev–Trinajstić information content (AvgIpc) is 2.98. The fourth-order valence-corrected chi connectivity index (χ4v) is 4.75. The molecule has 9 heteroatoms. The van der Waals surface area contributed by atoms with Gasteiger partial charge in [0.15, 0.2) is 9.84 Å². The van der Waals surface area contributed by atoms with Gasteiger partial charge in [0, 0.05) is 36.2 Å². The van der Waals surface area contributed by atoms with Gasteiger partial charge in [0.05, 0.1) is 17.1 Å². The molecule has 2 heterocycles. The first-order valence-electron chi connectivity index (χ1n) is 8.08. The van der Waals surface area contributed by atoms with Crippen LogP contribution in [0, 0.1) is 6.92 Å². The van der Waals surface area contributed by atoms with E-state index in [2.05, 4.69) is 15.3 Å². The molecule has 1 aromatic heterocycles. The minimum absolute atomic E-state index is 0.100. The van der Waals surface area contributed by atoms with Crippen LogP contribution >= 0.6 is 11.6 Å². The van der Waals surface area contributed by atoms with Crippen molar-refractivity contribution in [1.82, 2.24) is 9.97 Å². The monoisotopic (exact) mass is 394 g/mol. The molecule has 1 fully saturated rings. The normalized spacial score (nSPS) is 18.5. The van der Waals surface area contributed by atoms with Crippen LogP contribution in [0.1, 0.15) is 22.3 Å². The Morgan fingerprint density at radius 2 is 2.00 bits per heavy atom. The first-order valence-corrected chi connectivity index (χ1v) is 10.3. The number of amides is 1. The number of aromatic nitrogens is 2. The van der Waals surface area contributed by atoms with E-state index in [1.165, 1.54) is 12.4 Å². The zero-order chi connectivity index (χ0) is 18.9. The molecule has 1 aliphatic rings. The molecule has 0 bridgehead atoms. The van der Waals surface area contributed by atoms with Gasteiger partial charge in [0.25, 0.3) is 5.91 Å². The van der Waals surface area contributed by atoms with E-state index in [9.17, 15) is 13.2 Å². The number of hydrogen-bond acceptors (Lipinski definition) is 6.